The van der Waals surface area contributed by atoms with E-state index in [2.05, 4.69) is 5.32 Å². The molecule has 1 unspecified atom stereocenters. The predicted molar refractivity (Wildman–Crippen MR) is 102 cm³/mol. The van der Waals surface area contributed by atoms with E-state index in [9.17, 15) is 9.90 Å². The van der Waals surface area contributed by atoms with Crippen LogP contribution >= 0.6 is 0 Å². The third kappa shape index (κ3) is 3.71. The minimum Gasteiger partial charge on any atom is -0.497 e. The normalized spacial score (nSPS) is 18.4. The number of methoxy groups -OCH3 is 3. The lowest BCUT2D eigenvalue weighted by Gasteiger charge is -2.35. The summed E-state index contributed by atoms with van der Waals surface area (Å²) in [6.07, 6.45) is 2.31. The number of aliphatic hydroxyl groups is 1. The van der Waals surface area contributed by atoms with Crippen molar-refractivity contribution >= 4 is 5.91 Å². The van der Waals surface area contributed by atoms with Crippen LogP contribution in [-0.4, -0.2) is 38.9 Å². The lowest BCUT2D eigenvalue weighted by molar-refractivity contribution is 0.0188. The van der Waals surface area contributed by atoms with Crippen molar-refractivity contribution in [3.63, 3.8) is 0 Å². The highest BCUT2D eigenvalue weighted by Gasteiger charge is 2.35. The number of rotatable bonds is 6. The van der Waals surface area contributed by atoms with Gasteiger partial charge in [-0.15, -0.1) is 0 Å². The van der Waals surface area contributed by atoms with Gasteiger partial charge >= 0.3 is 0 Å². The number of nitrogens with one attached hydrogen (secondary N) is 1. The Hall–Kier alpha value is -2.73. The summed E-state index contributed by atoms with van der Waals surface area (Å²) in [6.45, 7) is 0.117. The molecule has 0 radical (unpaired) electrons. The summed E-state index contributed by atoms with van der Waals surface area (Å²) >= 11 is 0. The van der Waals surface area contributed by atoms with Crippen LogP contribution in [0.25, 0.3) is 0 Å². The summed E-state index contributed by atoms with van der Waals surface area (Å²) in [6, 6.07) is 10.8. The van der Waals surface area contributed by atoms with Crippen molar-refractivity contribution in [2.45, 2.75) is 24.9 Å². The van der Waals surface area contributed by atoms with E-state index in [1.165, 1.54) is 14.2 Å². The smallest absolute Gasteiger partial charge is 0.255 e. The monoisotopic (exact) mass is 371 g/mol. The van der Waals surface area contributed by atoms with Gasteiger partial charge in [0, 0.05) is 0 Å². The zero-order valence-electron chi connectivity index (χ0n) is 15.9. The van der Waals surface area contributed by atoms with Crippen molar-refractivity contribution in [3.8, 4) is 17.2 Å². The number of benzene rings is 2. The molecule has 0 aliphatic heterocycles. The van der Waals surface area contributed by atoms with Gasteiger partial charge in [-0.3, -0.25) is 4.79 Å². The second kappa shape index (κ2) is 7.88. The zero-order chi connectivity index (χ0) is 19.4. The van der Waals surface area contributed by atoms with Crippen LogP contribution in [0.2, 0.25) is 0 Å². The maximum absolute atomic E-state index is 12.7. The van der Waals surface area contributed by atoms with Crippen LogP contribution in [0.1, 0.15) is 34.3 Å². The number of amides is 1. The molecule has 1 atom stereocenters. The van der Waals surface area contributed by atoms with Crippen LogP contribution in [0.5, 0.6) is 17.2 Å². The third-order valence-electron chi connectivity index (χ3n) is 5.04. The molecule has 0 saturated carbocycles. The fourth-order valence-corrected chi connectivity index (χ4v) is 3.64. The SMILES string of the molecule is COc1ccc2c(c1)CCCC2(O)CNC(=O)c1cccc(OC)c1OC. The zero-order valence-corrected chi connectivity index (χ0v) is 15.9. The number of carbonyl (C=O) groups excluding carboxylic acids is 1. The van der Waals surface area contributed by atoms with Crippen molar-refractivity contribution in [3.05, 3.63) is 53.1 Å². The molecule has 27 heavy (non-hydrogen) atoms. The molecule has 0 saturated heterocycles. The van der Waals surface area contributed by atoms with Crippen molar-refractivity contribution in [1.29, 1.82) is 0 Å². The number of hydrogen-bond acceptors (Lipinski definition) is 5. The van der Waals surface area contributed by atoms with E-state index in [1.54, 1.807) is 25.3 Å². The Kier molecular flexibility index (Phi) is 5.56. The quantitative estimate of drug-likeness (QED) is 0.816. The van der Waals surface area contributed by atoms with Crippen LogP contribution in [-0.2, 0) is 12.0 Å². The molecule has 2 aromatic rings. The molecule has 0 fully saturated rings. The Morgan fingerprint density at radius 3 is 2.67 bits per heavy atom. The second-order valence-electron chi connectivity index (χ2n) is 6.63. The van der Waals surface area contributed by atoms with E-state index in [-0.39, 0.29) is 12.5 Å². The highest BCUT2D eigenvalue weighted by molar-refractivity contribution is 5.97. The first-order valence-corrected chi connectivity index (χ1v) is 8.91. The second-order valence-corrected chi connectivity index (χ2v) is 6.63. The predicted octanol–water partition coefficient (Wildman–Crippen LogP) is 2.67. The number of fused-ring (bicyclic) bond motifs is 1. The van der Waals surface area contributed by atoms with Gasteiger partial charge in [0.25, 0.3) is 5.91 Å². The molecule has 2 N–H and O–H groups in total. The highest BCUT2D eigenvalue weighted by atomic mass is 16.5. The van der Waals surface area contributed by atoms with Crippen molar-refractivity contribution < 1.29 is 24.1 Å². The van der Waals surface area contributed by atoms with Crippen molar-refractivity contribution in [2.24, 2.45) is 0 Å². The molecule has 3 rings (SSSR count). The van der Waals surface area contributed by atoms with E-state index in [4.69, 9.17) is 14.2 Å². The van der Waals surface area contributed by atoms with Crippen molar-refractivity contribution in [2.75, 3.05) is 27.9 Å². The summed E-state index contributed by atoms with van der Waals surface area (Å²) in [4.78, 5) is 12.7. The lowest BCUT2D eigenvalue weighted by atomic mass is 9.79. The number of ether oxygens (including phenoxy) is 3. The van der Waals surface area contributed by atoms with Gasteiger partial charge in [-0.05, 0) is 54.7 Å². The first kappa shape index (κ1) is 19.0. The van der Waals surface area contributed by atoms with Crippen LogP contribution < -0.4 is 19.5 Å². The van der Waals surface area contributed by atoms with Crippen LogP contribution in [0.4, 0.5) is 0 Å². The average Bonchev–Trinajstić information content (AvgIpc) is 2.71. The van der Waals surface area contributed by atoms with E-state index >= 15 is 0 Å². The van der Waals surface area contributed by atoms with Crippen molar-refractivity contribution in [1.82, 2.24) is 5.32 Å². The molecule has 0 bridgehead atoms. The van der Waals surface area contributed by atoms with E-state index < -0.39 is 5.60 Å². The average molecular weight is 371 g/mol. The molecule has 0 spiro atoms. The van der Waals surface area contributed by atoms with Gasteiger partial charge in [0.15, 0.2) is 11.5 Å². The molecule has 6 heteroatoms. The Morgan fingerprint density at radius 1 is 1.15 bits per heavy atom. The lowest BCUT2D eigenvalue weighted by Crippen LogP contribution is -2.43. The van der Waals surface area contributed by atoms with Crippen LogP contribution in [0, 0.1) is 0 Å². The molecule has 2 aromatic carbocycles. The number of aryl methyl sites for hydroxylation is 1. The highest BCUT2D eigenvalue weighted by Crippen LogP contribution is 2.37. The van der Waals surface area contributed by atoms with Gasteiger partial charge in [0.05, 0.1) is 33.4 Å². The van der Waals surface area contributed by atoms with E-state index in [0.29, 0.717) is 23.5 Å². The van der Waals surface area contributed by atoms with Gasteiger partial charge in [-0.1, -0.05) is 12.1 Å². The molecule has 1 amide bonds. The van der Waals surface area contributed by atoms with Crippen LogP contribution in [0.3, 0.4) is 0 Å². The summed E-state index contributed by atoms with van der Waals surface area (Å²) in [7, 11) is 4.64. The molecule has 144 valence electrons. The number of para-hydroxylation sites is 1. The minimum absolute atomic E-state index is 0.117. The Balaban J connectivity index is 1.81. The largest absolute Gasteiger partial charge is 0.497 e. The fraction of sp³-hybridized carbons (Fsp3) is 0.381. The summed E-state index contributed by atoms with van der Waals surface area (Å²) < 4.78 is 15.8. The van der Waals surface area contributed by atoms with E-state index in [0.717, 1.165) is 29.7 Å². The van der Waals surface area contributed by atoms with Crippen LogP contribution in [0.15, 0.2) is 36.4 Å². The number of carbonyl (C=O) groups is 1. The first-order chi connectivity index (χ1) is 13.0. The Morgan fingerprint density at radius 2 is 1.96 bits per heavy atom. The maximum atomic E-state index is 12.7. The van der Waals surface area contributed by atoms with Gasteiger partial charge in [0.1, 0.15) is 11.4 Å². The third-order valence-corrected chi connectivity index (χ3v) is 5.04. The molecule has 1 aliphatic carbocycles. The molecular formula is C21H25NO5. The van der Waals surface area contributed by atoms with Gasteiger partial charge in [-0.25, -0.2) is 0 Å². The van der Waals surface area contributed by atoms with Gasteiger partial charge < -0.3 is 24.6 Å². The summed E-state index contributed by atoms with van der Waals surface area (Å²) in [5, 5.41) is 14.0. The fourth-order valence-electron chi connectivity index (χ4n) is 3.64. The Labute approximate surface area is 159 Å². The number of hydrogen-bond donors (Lipinski definition) is 2. The maximum Gasteiger partial charge on any atom is 0.255 e. The first-order valence-electron chi connectivity index (χ1n) is 8.91. The Bertz CT molecular complexity index is 835. The molecule has 0 heterocycles. The summed E-state index contributed by atoms with van der Waals surface area (Å²) in [5.41, 5.74) is 1.15. The standard InChI is InChI=1S/C21H25NO5/c1-25-15-9-10-17-14(12-15)6-5-11-21(17,24)13-22-20(23)16-7-4-8-18(26-2)19(16)27-3/h4,7-10,12,24H,5-6,11,13H2,1-3H3,(H,22,23). The topological polar surface area (TPSA) is 77.0 Å². The molecular weight excluding hydrogens is 346 g/mol. The van der Waals surface area contributed by atoms with Gasteiger partial charge in [0.2, 0.25) is 0 Å². The molecule has 1 aliphatic rings. The summed E-state index contributed by atoms with van der Waals surface area (Å²) in [5.74, 6) is 1.31. The molecule has 6 nitrogen and oxygen atoms in total. The van der Waals surface area contributed by atoms with Gasteiger partial charge in [-0.2, -0.15) is 0 Å². The molecule has 0 aromatic heterocycles. The van der Waals surface area contributed by atoms with E-state index in [1.807, 2.05) is 18.2 Å². The minimum atomic E-state index is -1.11.